The molecule has 1 aromatic heterocycles. The third kappa shape index (κ3) is 2.83. The summed E-state index contributed by atoms with van der Waals surface area (Å²) in [5.41, 5.74) is 1.03. The van der Waals surface area contributed by atoms with Crippen LogP contribution in [0.25, 0.3) is 10.9 Å². The summed E-state index contributed by atoms with van der Waals surface area (Å²) < 4.78 is 34.1. The van der Waals surface area contributed by atoms with Crippen molar-refractivity contribution in [2.75, 3.05) is 6.61 Å². The summed E-state index contributed by atoms with van der Waals surface area (Å²) in [6, 6.07) is 11.7. The minimum Gasteiger partial charge on any atom is -0.491 e. The number of ether oxygens (including phenoxy) is 1. The normalized spacial score (nSPS) is 11.8. The zero-order valence-corrected chi connectivity index (χ0v) is 16.2. The van der Waals surface area contributed by atoms with Crippen LogP contribution >= 0.6 is 27.5 Å². The molecule has 3 aromatic rings. The standard InChI is InChI=1S/C17H15BrClNO3S/c1-3-23-17-11(2)20(16-10-13(19)6-9-15(16)17)24(21,22)14-7-4-12(18)5-8-14/h4-10H,3H2,1-2H3. The van der Waals surface area contributed by atoms with Gasteiger partial charge in [0.05, 0.1) is 22.7 Å². The van der Waals surface area contributed by atoms with Gasteiger partial charge in [-0.15, -0.1) is 0 Å². The highest BCUT2D eigenvalue weighted by atomic mass is 79.9. The number of nitrogens with zero attached hydrogens (tertiary/aromatic N) is 1. The summed E-state index contributed by atoms with van der Waals surface area (Å²) in [5, 5.41) is 1.19. The van der Waals surface area contributed by atoms with Crippen molar-refractivity contribution in [3.05, 3.63) is 57.7 Å². The molecule has 24 heavy (non-hydrogen) atoms. The lowest BCUT2D eigenvalue weighted by atomic mass is 10.2. The fourth-order valence-corrected chi connectivity index (χ4v) is 4.66. The molecule has 2 aromatic carbocycles. The van der Waals surface area contributed by atoms with Gasteiger partial charge in [-0.1, -0.05) is 27.5 Å². The Morgan fingerprint density at radius 1 is 1.17 bits per heavy atom. The second-order valence-electron chi connectivity index (χ2n) is 5.23. The van der Waals surface area contributed by atoms with Crippen LogP contribution in [0.15, 0.2) is 51.8 Å². The van der Waals surface area contributed by atoms with E-state index >= 15 is 0 Å². The van der Waals surface area contributed by atoms with E-state index in [-0.39, 0.29) is 4.90 Å². The fourth-order valence-electron chi connectivity index (χ4n) is 2.68. The minimum absolute atomic E-state index is 0.203. The topological polar surface area (TPSA) is 48.3 Å². The van der Waals surface area contributed by atoms with Crippen LogP contribution in [0.5, 0.6) is 5.75 Å². The molecule has 126 valence electrons. The predicted molar refractivity (Wildman–Crippen MR) is 99.6 cm³/mol. The molecule has 4 nitrogen and oxygen atoms in total. The molecule has 0 unspecified atom stereocenters. The van der Waals surface area contributed by atoms with Crippen LogP contribution in [0.1, 0.15) is 12.6 Å². The maximum atomic E-state index is 13.2. The van der Waals surface area contributed by atoms with E-state index in [4.69, 9.17) is 16.3 Å². The van der Waals surface area contributed by atoms with Crippen LogP contribution < -0.4 is 4.74 Å². The number of rotatable bonds is 4. The molecule has 0 saturated heterocycles. The zero-order chi connectivity index (χ0) is 17.5. The number of hydrogen-bond donors (Lipinski definition) is 0. The molecule has 7 heteroatoms. The highest BCUT2D eigenvalue weighted by molar-refractivity contribution is 9.10. The summed E-state index contributed by atoms with van der Waals surface area (Å²) in [6.07, 6.45) is 0. The van der Waals surface area contributed by atoms with Gasteiger partial charge in [0.15, 0.2) is 0 Å². The molecular formula is C17H15BrClNO3S. The second kappa shape index (κ2) is 6.43. The number of benzene rings is 2. The van der Waals surface area contributed by atoms with Crippen LogP contribution in [0.2, 0.25) is 5.02 Å². The first-order chi connectivity index (χ1) is 11.4. The number of fused-ring (bicyclic) bond motifs is 1. The first-order valence-corrected chi connectivity index (χ1v) is 9.92. The van der Waals surface area contributed by atoms with E-state index in [1.54, 1.807) is 49.4 Å². The largest absolute Gasteiger partial charge is 0.491 e. The lowest BCUT2D eigenvalue weighted by Gasteiger charge is -2.10. The molecule has 0 amide bonds. The molecule has 0 fully saturated rings. The SMILES string of the molecule is CCOc1c(C)n(S(=O)(=O)c2ccc(Br)cc2)c2cc(Cl)ccc12. The average Bonchev–Trinajstić information content (AvgIpc) is 2.80. The molecular weight excluding hydrogens is 414 g/mol. The molecule has 0 bridgehead atoms. The van der Waals surface area contributed by atoms with Gasteiger partial charge in [-0.25, -0.2) is 12.4 Å². The highest BCUT2D eigenvalue weighted by Crippen LogP contribution is 2.37. The third-order valence-electron chi connectivity index (χ3n) is 3.70. The Labute approximate surface area is 154 Å². The summed E-state index contributed by atoms with van der Waals surface area (Å²) in [4.78, 5) is 0.203. The van der Waals surface area contributed by atoms with E-state index in [0.29, 0.717) is 28.6 Å². The molecule has 1 heterocycles. The van der Waals surface area contributed by atoms with Crippen molar-refractivity contribution < 1.29 is 13.2 Å². The van der Waals surface area contributed by atoms with Crippen LogP contribution in [0, 0.1) is 6.92 Å². The lowest BCUT2D eigenvalue weighted by molar-refractivity contribution is 0.341. The monoisotopic (exact) mass is 427 g/mol. The first kappa shape index (κ1) is 17.3. The molecule has 0 aliphatic heterocycles. The van der Waals surface area contributed by atoms with Gasteiger partial charge in [-0.2, -0.15) is 0 Å². The van der Waals surface area contributed by atoms with E-state index in [9.17, 15) is 8.42 Å². The van der Waals surface area contributed by atoms with Crippen molar-refractivity contribution >= 4 is 48.5 Å². The maximum Gasteiger partial charge on any atom is 0.268 e. The average molecular weight is 429 g/mol. The smallest absolute Gasteiger partial charge is 0.268 e. The van der Waals surface area contributed by atoms with Gasteiger partial charge >= 0.3 is 0 Å². The van der Waals surface area contributed by atoms with Gasteiger partial charge in [0, 0.05) is 14.9 Å². The van der Waals surface area contributed by atoms with Crippen molar-refractivity contribution in [3.63, 3.8) is 0 Å². The van der Waals surface area contributed by atoms with Crippen molar-refractivity contribution in [2.24, 2.45) is 0 Å². The molecule has 0 N–H and O–H groups in total. The van der Waals surface area contributed by atoms with Crippen LogP contribution in [0.4, 0.5) is 0 Å². The van der Waals surface area contributed by atoms with Crippen molar-refractivity contribution in [1.82, 2.24) is 3.97 Å². The van der Waals surface area contributed by atoms with E-state index in [2.05, 4.69) is 15.9 Å². The summed E-state index contributed by atoms with van der Waals surface area (Å²) in [5.74, 6) is 0.560. The predicted octanol–water partition coefficient (Wildman–Crippen LogP) is 5.00. The zero-order valence-electron chi connectivity index (χ0n) is 13.1. The van der Waals surface area contributed by atoms with Crippen LogP contribution in [-0.4, -0.2) is 19.0 Å². The van der Waals surface area contributed by atoms with Crippen molar-refractivity contribution in [3.8, 4) is 5.75 Å². The van der Waals surface area contributed by atoms with Gasteiger partial charge < -0.3 is 4.74 Å². The molecule has 0 aliphatic carbocycles. The minimum atomic E-state index is -3.77. The van der Waals surface area contributed by atoms with Crippen molar-refractivity contribution in [1.29, 1.82) is 0 Å². The van der Waals surface area contributed by atoms with E-state index in [1.807, 2.05) is 6.92 Å². The third-order valence-corrected chi connectivity index (χ3v) is 6.28. The Kier molecular flexibility index (Phi) is 4.64. The van der Waals surface area contributed by atoms with E-state index in [0.717, 1.165) is 9.86 Å². The lowest BCUT2D eigenvalue weighted by Crippen LogP contribution is -2.14. The number of halogens is 2. The molecule has 3 rings (SSSR count). The Balaban J connectivity index is 2.34. The fraction of sp³-hybridized carbons (Fsp3) is 0.176. The molecule has 0 spiro atoms. The highest BCUT2D eigenvalue weighted by Gasteiger charge is 2.25. The molecule has 0 saturated carbocycles. The van der Waals surface area contributed by atoms with Gasteiger partial charge in [0.1, 0.15) is 5.75 Å². The Hall–Kier alpha value is -1.50. The maximum absolute atomic E-state index is 13.2. The van der Waals surface area contributed by atoms with Gasteiger partial charge in [-0.05, 0) is 56.3 Å². The molecule has 0 atom stereocenters. The van der Waals surface area contributed by atoms with Gasteiger partial charge in [-0.3, -0.25) is 0 Å². The summed E-state index contributed by atoms with van der Waals surface area (Å²) in [7, 11) is -3.77. The van der Waals surface area contributed by atoms with Crippen molar-refractivity contribution in [2.45, 2.75) is 18.7 Å². The Morgan fingerprint density at radius 3 is 2.46 bits per heavy atom. The Bertz CT molecular complexity index is 1010. The number of hydrogen-bond acceptors (Lipinski definition) is 3. The summed E-state index contributed by atoms with van der Waals surface area (Å²) in [6.45, 7) is 4.04. The Morgan fingerprint density at radius 2 is 1.83 bits per heavy atom. The molecule has 0 aliphatic rings. The quantitative estimate of drug-likeness (QED) is 0.587. The van der Waals surface area contributed by atoms with E-state index < -0.39 is 10.0 Å². The molecule has 0 radical (unpaired) electrons. The number of aromatic nitrogens is 1. The van der Waals surface area contributed by atoms with Gasteiger partial charge in [0.25, 0.3) is 10.0 Å². The van der Waals surface area contributed by atoms with E-state index in [1.165, 1.54) is 3.97 Å². The second-order valence-corrected chi connectivity index (χ2v) is 8.37. The van der Waals surface area contributed by atoms with Crippen LogP contribution in [-0.2, 0) is 10.0 Å². The first-order valence-electron chi connectivity index (χ1n) is 7.30. The van der Waals surface area contributed by atoms with Crippen LogP contribution in [0.3, 0.4) is 0 Å². The summed E-state index contributed by atoms with van der Waals surface area (Å²) >= 11 is 9.41. The van der Waals surface area contributed by atoms with Gasteiger partial charge in [0.2, 0.25) is 0 Å².